The van der Waals surface area contributed by atoms with E-state index in [4.69, 9.17) is 4.42 Å². The zero-order chi connectivity index (χ0) is 21.7. The van der Waals surface area contributed by atoms with Crippen molar-refractivity contribution in [1.82, 2.24) is 15.5 Å². The van der Waals surface area contributed by atoms with E-state index in [0.717, 1.165) is 34.1 Å². The molecular formula is C21H21FN4O3S. The number of carbonyl (C=O) groups excluding carboxylic acids is 2. The van der Waals surface area contributed by atoms with E-state index in [1.54, 1.807) is 0 Å². The molecule has 2 aromatic carbocycles. The van der Waals surface area contributed by atoms with Crippen molar-refractivity contribution < 1.29 is 18.4 Å². The van der Waals surface area contributed by atoms with Crippen LogP contribution < -0.4 is 10.6 Å². The zero-order valence-corrected chi connectivity index (χ0v) is 17.6. The number of aromatic nitrogens is 2. The highest BCUT2D eigenvalue weighted by Gasteiger charge is 2.13. The van der Waals surface area contributed by atoms with E-state index in [1.165, 1.54) is 24.3 Å². The molecule has 0 radical (unpaired) electrons. The number of rotatable bonds is 7. The Labute approximate surface area is 177 Å². The molecule has 0 aliphatic heterocycles. The summed E-state index contributed by atoms with van der Waals surface area (Å²) in [7, 11) is 0. The number of anilines is 1. The van der Waals surface area contributed by atoms with Gasteiger partial charge in [0.1, 0.15) is 5.82 Å². The monoisotopic (exact) mass is 428 g/mol. The summed E-state index contributed by atoms with van der Waals surface area (Å²) in [6.45, 7) is 5.71. The van der Waals surface area contributed by atoms with Crippen molar-refractivity contribution in [3.05, 3.63) is 58.9 Å². The lowest BCUT2D eigenvalue weighted by atomic mass is 10.1. The van der Waals surface area contributed by atoms with Crippen LogP contribution in [-0.2, 0) is 9.59 Å². The summed E-state index contributed by atoms with van der Waals surface area (Å²) in [5, 5.41) is 13.3. The molecule has 2 amide bonds. The van der Waals surface area contributed by atoms with Crippen LogP contribution >= 0.6 is 11.8 Å². The second-order valence-corrected chi connectivity index (χ2v) is 7.69. The first-order valence-electron chi connectivity index (χ1n) is 9.18. The smallest absolute Gasteiger partial charge is 0.277 e. The second kappa shape index (κ2) is 9.53. The van der Waals surface area contributed by atoms with Gasteiger partial charge in [0.05, 0.1) is 12.3 Å². The molecule has 156 valence electrons. The minimum absolute atomic E-state index is 0.0148. The number of carbonyl (C=O) groups is 2. The standard InChI is InChI=1S/C21H21FN4O3S/c1-12-8-13(2)19(14(3)9-12)24-17(27)10-23-18(28)11-30-21-26-25-20(29-21)15-4-6-16(22)7-5-15/h4-9H,10-11H2,1-3H3,(H,23,28)(H,24,27). The van der Waals surface area contributed by atoms with E-state index in [9.17, 15) is 14.0 Å². The summed E-state index contributed by atoms with van der Waals surface area (Å²) in [6.07, 6.45) is 0. The van der Waals surface area contributed by atoms with Gasteiger partial charge in [-0.05, 0) is 56.2 Å². The number of nitrogens with one attached hydrogen (secondary N) is 2. The molecule has 0 fully saturated rings. The molecule has 0 atom stereocenters. The highest BCUT2D eigenvalue weighted by molar-refractivity contribution is 7.99. The van der Waals surface area contributed by atoms with Gasteiger partial charge in [0.15, 0.2) is 0 Å². The van der Waals surface area contributed by atoms with Crippen molar-refractivity contribution in [1.29, 1.82) is 0 Å². The van der Waals surface area contributed by atoms with Gasteiger partial charge in [0, 0.05) is 11.3 Å². The van der Waals surface area contributed by atoms with Crippen LogP contribution in [0.2, 0.25) is 0 Å². The van der Waals surface area contributed by atoms with Gasteiger partial charge >= 0.3 is 0 Å². The minimum Gasteiger partial charge on any atom is -0.411 e. The zero-order valence-electron chi connectivity index (χ0n) is 16.8. The van der Waals surface area contributed by atoms with Crippen molar-refractivity contribution in [2.24, 2.45) is 0 Å². The Morgan fingerprint density at radius 1 is 1.03 bits per heavy atom. The molecule has 0 spiro atoms. The van der Waals surface area contributed by atoms with Gasteiger partial charge in [-0.1, -0.05) is 29.5 Å². The van der Waals surface area contributed by atoms with Gasteiger partial charge in [-0.25, -0.2) is 4.39 Å². The van der Waals surface area contributed by atoms with Gasteiger partial charge < -0.3 is 15.1 Å². The Kier molecular flexibility index (Phi) is 6.83. The van der Waals surface area contributed by atoms with Crippen molar-refractivity contribution in [2.45, 2.75) is 26.0 Å². The summed E-state index contributed by atoms with van der Waals surface area (Å²) >= 11 is 1.05. The average Bonchev–Trinajstić information content (AvgIpc) is 3.17. The Balaban J connectivity index is 1.46. The van der Waals surface area contributed by atoms with E-state index in [1.807, 2.05) is 32.9 Å². The molecule has 30 heavy (non-hydrogen) atoms. The van der Waals surface area contributed by atoms with Crippen molar-refractivity contribution >= 4 is 29.3 Å². The number of nitrogens with zero attached hydrogens (tertiary/aromatic N) is 2. The average molecular weight is 428 g/mol. The summed E-state index contributed by atoms with van der Waals surface area (Å²) in [5.41, 5.74) is 4.40. The van der Waals surface area contributed by atoms with Crippen LogP contribution in [0.5, 0.6) is 0 Å². The van der Waals surface area contributed by atoms with Crippen LogP contribution in [0.4, 0.5) is 10.1 Å². The lowest BCUT2D eigenvalue weighted by Crippen LogP contribution is -2.34. The largest absolute Gasteiger partial charge is 0.411 e. The molecule has 7 nitrogen and oxygen atoms in total. The van der Waals surface area contributed by atoms with Crippen LogP contribution in [0.3, 0.4) is 0 Å². The molecule has 0 unspecified atom stereocenters. The third-order valence-corrected chi connectivity index (χ3v) is 5.03. The van der Waals surface area contributed by atoms with Gasteiger partial charge in [0.25, 0.3) is 5.22 Å². The minimum atomic E-state index is -0.360. The van der Waals surface area contributed by atoms with E-state index < -0.39 is 0 Å². The lowest BCUT2D eigenvalue weighted by molar-refractivity contribution is -0.122. The normalized spacial score (nSPS) is 10.7. The number of amides is 2. The Hall–Kier alpha value is -3.20. The maximum absolute atomic E-state index is 13.0. The maximum atomic E-state index is 13.0. The third-order valence-electron chi connectivity index (χ3n) is 4.21. The predicted molar refractivity (Wildman–Crippen MR) is 113 cm³/mol. The number of thioether (sulfide) groups is 1. The van der Waals surface area contributed by atoms with Gasteiger partial charge in [-0.3, -0.25) is 9.59 Å². The summed E-state index contributed by atoms with van der Waals surface area (Å²) in [5.74, 6) is -0.753. The van der Waals surface area contributed by atoms with Crippen LogP contribution in [-0.4, -0.2) is 34.3 Å². The maximum Gasteiger partial charge on any atom is 0.277 e. The first-order valence-corrected chi connectivity index (χ1v) is 10.2. The van der Waals surface area contributed by atoms with Crippen molar-refractivity contribution in [2.75, 3.05) is 17.6 Å². The van der Waals surface area contributed by atoms with Crippen LogP contribution in [0, 0.1) is 26.6 Å². The van der Waals surface area contributed by atoms with Crippen LogP contribution in [0.15, 0.2) is 46.0 Å². The Morgan fingerprint density at radius 2 is 1.70 bits per heavy atom. The Morgan fingerprint density at radius 3 is 2.37 bits per heavy atom. The molecule has 0 bridgehead atoms. The van der Waals surface area contributed by atoms with Crippen LogP contribution in [0.25, 0.3) is 11.5 Å². The van der Waals surface area contributed by atoms with E-state index in [-0.39, 0.29) is 41.0 Å². The number of benzene rings is 2. The molecule has 2 N–H and O–H groups in total. The first-order chi connectivity index (χ1) is 14.3. The quantitative estimate of drug-likeness (QED) is 0.558. The summed E-state index contributed by atoms with van der Waals surface area (Å²) in [4.78, 5) is 24.2. The molecule has 3 rings (SSSR count). The molecule has 0 saturated heterocycles. The first kappa shape index (κ1) is 21.5. The van der Waals surface area contributed by atoms with Crippen molar-refractivity contribution in [3.8, 4) is 11.5 Å². The third kappa shape index (κ3) is 5.66. The molecule has 3 aromatic rings. The number of halogens is 1. The van der Waals surface area contributed by atoms with Crippen molar-refractivity contribution in [3.63, 3.8) is 0 Å². The molecule has 0 aliphatic rings. The molecule has 1 heterocycles. The highest BCUT2D eigenvalue weighted by Crippen LogP contribution is 2.23. The van der Waals surface area contributed by atoms with E-state index >= 15 is 0 Å². The molecule has 0 saturated carbocycles. The molecule has 9 heteroatoms. The number of aryl methyl sites for hydroxylation is 3. The fourth-order valence-electron chi connectivity index (χ4n) is 2.90. The van der Waals surface area contributed by atoms with Gasteiger partial charge in [-0.15, -0.1) is 10.2 Å². The summed E-state index contributed by atoms with van der Waals surface area (Å²) in [6, 6.07) is 9.62. The number of hydrogen-bond acceptors (Lipinski definition) is 6. The SMILES string of the molecule is Cc1cc(C)c(NC(=O)CNC(=O)CSc2nnc(-c3ccc(F)cc3)o2)c(C)c1. The molecular weight excluding hydrogens is 407 g/mol. The fourth-order valence-corrected chi connectivity index (χ4v) is 3.49. The molecule has 0 aliphatic carbocycles. The molecule has 1 aromatic heterocycles. The van der Waals surface area contributed by atoms with E-state index in [0.29, 0.717) is 5.56 Å². The van der Waals surface area contributed by atoms with E-state index in [2.05, 4.69) is 20.8 Å². The van der Waals surface area contributed by atoms with Gasteiger partial charge in [0.2, 0.25) is 17.7 Å². The summed E-state index contributed by atoms with van der Waals surface area (Å²) < 4.78 is 18.4. The van der Waals surface area contributed by atoms with Gasteiger partial charge in [-0.2, -0.15) is 0 Å². The predicted octanol–water partition coefficient (Wildman–Crippen LogP) is 3.65. The van der Waals surface area contributed by atoms with Crippen LogP contribution in [0.1, 0.15) is 16.7 Å². The highest BCUT2D eigenvalue weighted by atomic mass is 32.2. The topological polar surface area (TPSA) is 97.1 Å². The second-order valence-electron chi connectivity index (χ2n) is 6.77. The lowest BCUT2D eigenvalue weighted by Gasteiger charge is -2.13. The Bertz CT molecular complexity index is 1040. The fraction of sp³-hybridized carbons (Fsp3) is 0.238. The number of hydrogen-bond donors (Lipinski definition) is 2.